The van der Waals surface area contributed by atoms with Crippen LogP contribution in [0.4, 0.5) is 13.2 Å². The molecular weight excluding hydrogens is 229 g/mol. The zero-order chi connectivity index (χ0) is 11.5. The fourth-order valence-electron chi connectivity index (χ4n) is 1.04. The summed E-state index contributed by atoms with van der Waals surface area (Å²) in [6.07, 6.45) is -5.02. The average molecular weight is 236 g/mol. The number of alkyl halides is 3. The van der Waals surface area contributed by atoms with Gasteiger partial charge in [-0.2, -0.15) is 13.2 Å². The average Bonchev–Trinajstić information content (AvgIpc) is 2.50. The second-order valence-electron chi connectivity index (χ2n) is 2.78. The fourth-order valence-corrected chi connectivity index (χ4v) is 1.78. The summed E-state index contributed by atoms with van der Waals surface area (Å²) in [6.45, 7) is 0. The van der Waals surface area contributed by atoms with Gasteiger partial charge in [0.2, 0.25) is 0 Å². The number of carbonyl (C=O) groups is 1. The van der Waals surface area contributed by atoms with Crippen LogP contribution in [0.2, 0.25) is 0 Å². The number of rotatable bonds is 3. The Morgan fingerprint density at radius 3 is 2.60 bits per heavy atom. The van der Waals surface area contributed by atoms with Crippen LogP contribution in [0.15, 0.2) is 23.6 Å². The third-order valence-corrected chi connectivity index (χ3v) is 2.47. The van der Waals surface area contributed by atoms with Gasteiger partial charge in [-0.25, -0.2) is 4.79 Å². The monoisotopic (exact) mass is 236 g/mol. The number of carboxylic acids is 1. The largest absolute Gasteiger partial charge is 0.478 e. The highest BCUT2D eigenvalue weighted by molar-refractivity contribution is 7.11. The fraction of sp³-hybridized carbons (Fsp3) is 0.222. The maximum atomic E-state index is 12.1. The summed E-state index contributed by atoms with van der Waals surface area (Å²) in [6, 6.07) is 3.04. The molecule has 0 aliphatic heterocycles. The molecule has 1 aromatic rings. The summed E-state index contributed by atoms with van der Waals surface area (Å²) in [5.41, 5.74) is -0.218. The van der Waals surface area contributed by atoms with Crippen LogP contribution in [0.25, 0.3) is 5.57 Å². The van der Waals surface area contributed by atoms with E-state index in [1.165, 1.54) is 6.07 Å². The van der Waals surface area contributed by atoms with E-state index in [0.717, 1.165) is 11.3 Å². The van der Waals surface area contributed by atoms with Crippen LogP contribution in [0.5, 0.6) is 0 Å². The minimum absolute atomic E-state index is 0.218. The molecule has 0 atom stereocenters. The van der Waals surface area contributed by atoms with Crippen molar-refractivity contribution in [1.82, 2.24) is 0 Å². The third-order valence-electron chi connectivity index (χ3n) is 1.53. The molecule has 0 aliphatic carbocycles. The van der Waals surface area contributed by atoms with E-state index in [9.17, 15) is 18.0 Å². The first-order valence-corrected chi connectivity index (χ1v) is 4.80. The Balaban J connectivity index is 2.95. The van der Waals surface area contributed by atoms with Crippen LogP contribution in [-0.4, -0.2) is 17.3 Å². The SMILES string of the molecule is O=C(O)/C=C(\CC(F)(F)F)c1cccs1. The third kappa shape index (κ3) is 4.16. The van der Waals surface area contributed by atoms with Gasteiger partial charge >= 0.3 is 12.1 Å². The van der Waals surface area contributed by atoms with Gasteiger partial charge in [0.15, 0.2) is 0 Å². The first-order valence-electron chi connectivity index (χ1n) is 3.92. The molecule has 1 N–H and O–H groups in total. The molecule has 15 heavy (non-hydrogen) atoms. The Bertz CT molecular complexity index is 365. The number of halogens is 3. The molecule has 1 heterocycles. The molecular formula is C9H7F3O2S. The molecule has 2 nitrogen and oxygen atoms in total. The summed E-state index contributed by atoms with van der Waals surface area (Å²) < 4.78 is 36.4. The van der Waals surface area contributed by atoms with Gasteiger partial charge in [-0.1, -0.05) is 6.07 Å². The second-order valence-corrected chi connectivity index (χ2v) is 3.72. The van der Waals surface area contributed by atoms with Gasteiger partial charge in [-0.3, -0.25) is 0 Å². The lowest BCUT2D eigenvalue weighted by atomic mass is 10.1. The summed E-state index contributed by atoms with van der Waals surface area (Å²) in [5, 5.41) is 10.0. The lowest BCUT2D eigenvalue weighted by molar-refractivity contribution is -0.131. The summed E-state index contributed by atoms with van der Waals surface area (Å²) in [4.78, 5) is 10.7. The van der Waals surface area contributed by atoms with Gasteiger partial charge in [0, 0.05) is 11.0 Å². The quantitative estimate of drug-likeness (QED) is 0.818. The van der Waals surface area contributed by atoms with Crippen molar-refractivity contribution in [3.8, 4) is 0 Å². The van der Waals surface area contributed by atoms with Gasteiger partial charge in [0.25, 0.3) is 0 Å². The predicted molar refractivity (Wildman–Crippen MR) is 50.6 cm³/mol. The lowest BCUT2D eigenvalue weighted by Crippen LogP contribution is -2.08. The molecule has 0 saturated carbocycles. The van der Waals surface area contributed by atoms with Crippen molar-refractivity contribution < 1.29 is 23.1 Å². The van der Waals surface area contributed by atoms with E-state index in [0.29, 0.717) is 11.0 Å². The Hall–Kier alpha value is -1.30. The summed E-state index contributed by atoms with van der Waals surface area (Å²) in [7, 11) is 0. The van der Waals surface area contributed by atoms with E-state index in [2.05, 4.69) is 0 Å². The first-order chi connectivity index (χ1) is 6.88. The topological polar surface area (TPSA) is 37.3 Å². The maximum absolute atomic E-state index is 12.1. The van der Waals surface area contributed by atoms with E-state index in [1.807, 2.05) is 0 Å². The van der Waals surface area contributed by atoms with Crippen molar-refractivity contribution in [3.63, 3.8) is 0 Å². The van der Waals surface area contributed by atoms with Gasteiger partial charge in [-0.15, -0.1) is 11.3 Å². The standard InChI is InChI=1S/C9H7F3O2S/c10-9(11,12)5-6(4-8(13)14)7-2-1-3-15-7/h1-4H,5H2,(H,13,14)/b6-4+. The van der Waals surface area contributed by atoms with Crippen molar-refractivity contribution in [2.45, 2.75) is 12.6 Å². The summed E-state index contributed by atoms with van der Waals surface area (Å²) in [5.74, 6) is -1.37. The van der Waals surface area contributed by atoms with Crippen LogP contribution in [0, 0.1) is 0 Å². The molecule has 0 bridgehead atoms. The normalized spacial score (nSPS) is 12.9. The van der Waals surface area contributed by atoms with Crippen molar-refractivity contribution in [2.24, 2.45) is 0 Å². The number of hydrogen-bond acceptors (Lipinski definition) is 2. The zero-order valence-electron chi connectivity index (χ0n) is 7.41. The molecule has 0 radical (unpaired) electrons. The first kappa shape index (κ1) is 11.8. The van der Waals surface area contributed by atoms with E-state index >= 15 is 0 Å². The lowest BCUT2D eigenvalue weighted by Gasteiger charge is -2.08. The maximum Gasteiger partial charge on any atom is 0.393 e. The van der Waals surface area contributed by atoms with E-state index in [-0.39, 0.29) is 5.57 Å². The Morgan fingerprint density at radius 2 is 2.20 bits per heavy atom. The molecule has 0 fully saturated rings. The van der Waals surface area contributed by atoms with Crippen LogP contribution < -0.4 is 0 Å². The number of carboxylic acid groups (broad SMARTS) is 1. The molecule has 0 aromatic carbocycles. The van der Waals surface area contributed by atoms with Crippen LogP contribution in [0.1, 0.15) is 11.3 Å². The molecule has 82 valence electrons. The van der Waals surface area contributed by atoms with Gasteiger partial charge in [0.05, 0.1) is 6.42 Å². The van der Waals surface area contributed by atoms with Crippen LogP contribution in [0.3, 0.4) is 0 Å². The van der Waals surface area contributed by atoms with Gasteiger partial charge < -0.3 is 5.11 Å². The molecule has 1 aromatic heterocycles. The smallest absolute Gasteiger partial charge is 0.393 e. The second kappa shape index (κ2) is 4.48. The highest BCUT2D eigenvalue weighted by atomic mass is 32.1. The minimum atomic E-state index is -4.40. The van der Waals surface area contributed by atoms with Crippen molar-refractivity contribution in [3.05, 3.63) is 28.5 Å². The number of aliphatic carboxylic acids is 1. The van der Waals surface area contributed by atoms with Crippen molar-refractivity contribution in [1.29, 1.82) is 0 Å². The highest BCUT2D eigenvalue weighted by Gasteiger charge is 2.30. The van der Waals surface area contributed by atoms with E-state index in [1.54, 1.807) is 11.4 Å². The van der Waals surface area contributed by atoms with Crippen LogP contribution >= 0.6 is 11.3 Å². The predicted octanol–water partition coefficient (Wildman–Crippen LogP) is 3.17. The minimum Gasteiger partial charge on any atom is -0.478 e. The Labute approximate surface area is 87.7 Å². The molecule has 0 saturated heterocycles. The Kier molecular flexibility index (Phi) is 3.52. The highest BCUT2D eigenvalue weighted by Crippen LogP contribution is 2.32. The number of allylic oxidation sites excluding steroid dienone is 1. The summed E-state index contributed by atoms with van der Waals surface area (Å²) >= 11 is 1.08. The van der Waals surface area contributed by atoms with Gasteiger partial charge in [0.1, 0.15) is 0 Å². The van der Waals surface area contributed by atoms with Gasteiger partial charge in [-0.05, 0) is 17.0 Å². The van der Waals surface area contributed by atoms with Crippen molar-refractivity contribution >= 4 is 22.9 Å². The van der Waals surface area contributed by atoms with E-state index < -0.39 is 18.6 Å². The zero-order valence-corrected chi connectivity index (χ0v) is 8.23. The molecule has 0 aliphatic rings. The number of hydrogen-bond donors (Lipinski definition) is 1. The molecule has 0 spiro atoms. The number of thiophene rings is 1. The van der Waals surface area contributed by atoms with Crippen molar-refractivity contribution in [2.75, 3.05) is 0 Å². The molecule has 6 heteroatoms. The Morgan fingerprint density at radius 1 is 1.53 bits per heavy atom. The molecule has 0 unspecified atom stereocenters. The molecule has 1 rings (SSSR count). The molecule has 0 amide bonds. The van der Waals surface area contributed by atoms with E-state index in [4.69, 9.17) is 5.11 Å². The van der Waals surface area contributed by atoms with Crippen LogP contribution in [-0.2, 0) is 4.79 Å².